The zero-order chi connectivity index (χ0) is 21.8. The molecule has 0 aliphatic heterocycles. The van der Waals surface area contributed by atoms with Crippen molar-refractivity contribution in [3.05, 3.63) is 101 Å². The maximum absolute atomic E-state index is 13.7. The van der Waals surface area contributed by atoms with Crippen molar-refractivity contribution >= 4 is 17.7 Å². The maximum atomic E-state index is 13.7. The Balaban J connectivity index is 2.00. The van der Waals surface area contributed by atoms with Gasteiger partial charge in [0.25, 0.3) is 5.56 Å². The second kappa shape index (κ2) is 8.67. The highest BCUT2D eigenvalue weighted by Gasteiger charge is 2.19. The molecular formula is C25H22N4O2. The molecule has 1 heterocycles. The van der Waals surface area contributed by atoms with Gasteiger partial charge in [-0.15, -0.1) is 0 Å². The highest BCUT2D eigenvalue weighted by molar-refractivity contribution is 5.86. The molecule has 0 aliphatic rings. The van der Waals surface area contributed by atoms with Gasteiger partial charge in [0.1, 0.15) is 11.6 Å². The van der Waals surface area contributed by atoms with Crippen LogP contribution in [0.3, 0.4) is 0 Å². The molecule has 0 unspecified atom stereocenters. The summed E-state index contributed by atoms with van der Waals surface area (Å²) in [5.41, 5.74) is 1.93. The Bertz CT molecular complexity index is 1280. The molecule has 0 aliphatic carbocycles. The van der Waals surface area contributed by atoms with E-state index in [1.54, 1.807) is 33.7 Å². The van der Waals surface area contributed by atoms with Crippen LogP contribution in [0.15, 0.2) is 94.7 Å². The predicted molar refractivity (Wildman–Crippen MR) is 125 cm³/mol. The van der Waals surface area contributed by atoms with Gasteiger partial charge in [0.2, 0.25) is 0 Å². The molecule has 31 heavy (non-hydrogen) atoms. The van der Waals surface area contributed by atoms with E-state index >= 15 is 0 Å². The van der Waals surface area contributed by atoms with Gasteiger partial charge in [0.05, 0.1) is 5.69 Å². The van der Waals surface area contributed by atoms with E-state index < -0.39 is 0 Å². The Labute approximate surface area is 180 Å². The van der Waals surface area contributed by atoms with Crippen LogP contribution in [-0.2, 0) is 0 Å². The van der Waals surface area contributed by atoms with E-state index in [0.29, 0.717) is 22.9 Å². The van der Waals surface area contributed by atoms with Crippen molar-refractivity contribution < 1.29 is 5.11 Å². The molecular weight excluding hydrogens is 388 g/mol. The standard InChI is InChI=1S/C25H22N4O2/c1-28(2)24-22(26-17-19-13-9-10-16-21(19)30)25(31)29(20-14-7-4-8-15-20)23(27-24)18-11-5-3-6-12-18/h3-17,30H,1-2H3. The van der Waals surface area contributed by atoms with Gasteiger partial charge in [-0.1, -0.05) is 60.7 Å². The van der Waals surface area contributed by atoms with Gasteiger partial charge in [-0.05, 0) is 24.3 Å². The van der Waals surface area contributed by atoms with Crippen LogP contribution in [0.25, 0.3) is 17.1 Å². The van der Waals surface area contributed by atoms with E-state index in [4.69, 9.17) is 4.98 Å². The lowest BCUT2D eigenvalue weighted by molar-refractivity contribution is 0.474. The van der Waals surface area contributed by atoms with E-state index in [0.717, 1.165) is 5.56 Å². The number of aliphatic imine (C=N–C) groups is 1. The number of phenols is 1. The molecule has 0 bridgehead atoms. The molecule has 4 rings (SSSR count). The van der Waals surface area contributed by atoms with Gasteiger partial charge >= 0.3 is 0 Å². The number of phenolic OH excluding ortho intramolecular Hbond substituents is 1. The summed E-state index contributed by atoms with van der Waals surface area (Å²) in [6.07, 6.45) is 1.48. The molecule has 6 heteroatoms. The molecule has 0 saturated heterocycles. The van der Waals surface area contributed by atoms with Gasteiger partial charge in [0, 0.05) is 31.4 Å². The summed E-state index contributed by atoms with van der Waals surface area (Å²) in [5.74, 6) is 1.07. The average molecular weight is 410 g/mol. The van der Waals surface area contributed by atoms with Crippen molar-refractivity contribution in [2.45, 2.75) is 0 Å². The minimum atomic E-state index is -0.296. The lowest BCUT2D eigenvalue weighted by atomic mass is 10.2. The Kier molecular flexibility index (Phi) is 5.62. The molecule has 154 valence electrons. The third-order valence-corrected chi connectivity index (χ3v) is 4.78. The van der Waals surface area contributed by atoms with Crippen LogP contribution in [0.1, 0.15) is 5.56 Å². The first-order chi connectivity index (χ1) is 15.1. The fourth-order valence-electron chi connectivity index (χ4n) is 3.25. The van der Waals surface area contributed by atoms with Crippen molar-refractivity contribution in [2.75, 3.05) is 19.0 Å². The summed E-state index contributed by atoms with van der Waals surface area (Å²) < 4.78 is 1.57. The van der Waals surface area contributed by atoms with Crippen LogP contribution in [-0.4, -0.2) is 35.0 Å². The monoisotopic (exact) mass is 410 g/mol. The quantitative estimate of drug-likeness (QED) is 0.495. The van der Waals surface area contributed by atoms with E-state index in [2.05, 4.69) is 4.99 Å². The normalized spacial score (nSPS) is 11.0. The van der Waals surface area contributed by atoms with Crippen molar-refractivity contribution in [1.29, 1.82) is 0 Å². The Morgan fingerprint density at radius 1 is 0.903 bits per heavy atom. The van der Waals surface area contributed by atoms with Crippen LogP contribution in [0.5, 0.6) is 5.75 Å². The van der Waals surface area contributed by atoms with E-state index in [9.17, 15) is 9.90 Å². The second-order valence-corrected chi connectivity index (χ2v) is 7.16. The van der Waals surface area contributed by atoms with Crippen LogP contribution in [0.4, 0.5) is 11.5 Å². The van der Waals surface area contributed by atoms with Crippen LogP contribution < -0.4 is 10.5 Å². The molecule has 0 saturated carbocycles. The third-order valence-electron chi connectivity index (χ3n) is 4.78. The van der Waals surface area contributed by atoms with Crippen LogP contribution in [0, 0.1) is 0 Å². The summed E-state index contributed by atoms with van der Waals surface area (Å²) in [6, 6.07) is 25.8. The summed E-state index contributed by atoms with van der Waals surface area (Å²) in [6.45, 7) is 0. The Hall–Kier alpha value is -4.19. The Morgan fingerprint density at radius 3 is 2.16 bits per heavy atom. The van der Waals surface area contributed by atoms with Crippen molar-refractivity contribution in [3.8, 4) is 22.8 Å². The van der Waals surface area contributed by atoms with Gasteiger partial charge < -0.3 is 10.0 Å². The molecule has 0 spiro atoms. The van der Waals surface area contributed by atoms with Gasteiger partial charge in [-0.3, -0.25) is 9.36 Å². The number of hydrogen-bond acceptors (Lipinski definition) is 5. The van der Waals surface area contributed by atoms with Crippen LogP contribution >= 0.6 is 0 Å². The van der Waals surface area contributed by atoms with Crippen LogP contribution in [0.2, 0.25) is 0 Å². The highest BCUT2D eigenvalue weighted by atomic mass is 16.3. The number of anilines is 1. The third kappa shape index (κ3) is 4.09. The van der Waals surface area contributed by atoms with Crippen molar-refractivity contribution in [1.82, 2.24) is 9.55 Å². The van der Waals surface area contributed by atoms with Gasteiger partial charge in [-0.25, -0.2) is 9.98 Å². The Morgan fingerprint density at radius 2 is 1.52 bits per heavy atom. The van der Waals surface area contributed by atoms with E-state index in [1.807, 2.05) is 74.8 Å². The number of para-hydroxylation sites is 2. The lowest BCUT2D eigenvalue weighted by Gasteiger charge is -2.19. The average Bonchev–Trinajstić information content (AvgIpc) is 2.79. The summed E-state index contributed by atoms with van der Waals surface area (Å²) in [4.78, 5) is 24.8. The van der Waals surface area contributed by atoms with Crippen molar-refractivity contribution in [3.63, 3.8) is 0 Å². The first kappa shape index (κ1) is 20.1. The fraction of sp³-hybridized carbons (Fsp3) is 0.0800. The largest absolute Gasteiger partial charge is 0.507 e. The van der Waals surface area contributed by atoms with Gasteiger partial charge in [0.15, 0.2) is 11.5 Å². The highest BCUT2D eigenvalue weighted by Crippen LogP contribution is 2.28. The summed E-state index contributed by atoms with van der Waals surface area (Å²) in [5, 5.41) is 10.1. The molecule has 0 radical (unpaired) electrons. The second-order valence-electron chi connectivity index (χ2n) is 7.16. The first-order valence-corrected chi connectivity index (χ1v) is 9.83. The van der Waals surface area contributed by atoms with E-state index in [1.165, 1.54) is 6.21 Å². The molecule has 1 aromatic heterocycles. The molecule has 4 aromatic rings. The fourth-order valence-corrected chi connectivity index (χ4v) is 3.25. The smallest absolute Gasteiger partial charge is 0.286 e. The molecule has 0 amide bonds. The molecule has 0 fully saturated rings. The lowest BCUT2D eigenvalue weighted by Crippen LogP contribution is -2.25. The SMILES string of the molecule is CN(C)c1nc(-c2ccccc2)n(-c2ccccc2)c(=O)c1N=Cc1ccccc1O. The van der Waals surface area contributed by atoms with E-state index in [-0.39, 0.29) is 17.0 Å². The number of aromatic nitrogens is 2. The minimum Gasteiger partial charge on any atom is -0.507 e. The topological polar surface area (TPSA) is 70.7 Å². The number of nitrogens with zero attached hydrogens (tertiary/aromatic N) is 4. The molecule has 3 aromatic carbocycles. The number of hydrogen-bond donors (Lipinski definition) is 1. The minimum absolute atomic E-state index is 0.0925. The molecule has 6 nitrogen and oxygen atoms in total. The summed E-state index contributed by atoms with van der Waals surface area (Å²) in [7, 11) is 3.64. The summed E-state index contributed by atoms with van der Waals surface area (Å²) >= 11 is 0. The molecule has 1 N–H and O–H groups in total. The zero-order valence-electron chi connectivity index (χ0n) is 17.3. The number of rotatable bonds is 5. The zero-order valence-corrected chi connectivity index (χ0v) is 17.3. The first-order valence-electron chi connectivity index (χ1n) is 9.83. The number of aromatic hydroxyl groups is 1. The van der Waals surface area contributed by atoms with Crippen molar-refractivity contribution in [2.24, 2.45) is 4.99 Å². The maximum Gasteiger partial charge on any atom is 0.286 e. The van der Waals surface area contributed by atoms with Gasteiger partial charge in [-0.2, -0.15) is 0 Å². The predicted octanol–water partition coefficient (Wildman–Crippen LogP) is 4.42. The molecule has 0 atom stereocenters. The number of benzene rings is 3.